The molecule has 92 valence electrons. The molecule has 0 spiro atoms. The standard InChI is InChI=1S/C11H14N2O4/c1-11(2,10(16)17)13(3)9(15)7-4-8(14)6-12-5-7/h4-6,14H,1-3H3,(H,16,17). The average Bonchev–Trinajstić information content (AvgIpc) is 2.26. The number of rotatable bonds is 3. The lowest BCUT2D eigenvalue weighted by molar-refractivity contribution is -0.147. The molecular weight excluding hydrogens is 224 g/mol. The van der Waals surface area contributed by atoms with Crippen molar-refractivity contribution in [3.63, 3.8) is 0 Å². The number of likely N-dealkylation sites (N-methyl/N-ethyl adjacent to an activating group) is 1. The second kappa shape index (κ2) is 4.40. The Morgan fingerprint density at radius 2 is 1.94 bits per heavy atom. The topological polar surface area (TPSA) is 90.7 Å². The predicted octanol–water partition coefficient (Wildman–Crippen LogP) is 0.722. The molecule has 0 unspecified atom stereocenters. The molecule has 1 rings (SSSR count). The zero-order valence-corrected chi connectivity index (χ0v) is 9.84. The number of nitrogens with zero attached hydrogens (tertiary/aromatic N) is 2. The van der Waals surface area contributed by atoms with Crippen molar-refractivity contribution in [3.05, 3.63) is 24.0 Å². The van der Waals surface area contributed by atoms with Gasteiger partial charge in [-0.1, -0.05) is 0 Å². The number of pyridine rings is 1. The fourth-order valence-electron chi connectivity index (χ4n) is 1.14. The van der Waals surface area contributed by atoms with Gasteiger partial charge in [-0.3, -0.25) is 9.78 Å². The highest BCUT2D eigenvalue weighted by atomic mass is 16.4. The van der Waals surface area contributed by atoms with Crippen molar-refractivity contribution in [2.45, 2.75) is 19.4 Å². The van der Waals surface area contributed by atoms with E-state index in [9.17, 15) is 14.7 Å². The maximum atomic E-state index is 12.0. The number of hydrogen-bond acceptors (Lipinski definition) is 4. The van der Waals surface area contributed by atoms with E-state index in [2.05, 4.69) is 4.98 Å². The minimum absolute atomic E-state index is 0.141. The van der Waals surface area contributed by atoms with Crippen LogP contribution in [0.15, 0.2) is 18.5 Å². The Hall–Kier alpha value is -2.11. The van der Waals surface area contributed by atoms with E-state index in [1.54, 1.807) is 0 Å². The molecule has 1 amide bonds. The van der Waals surface area contributed by atoms with E-state index in [0.717, 1.165) is 4.90 Å². The predicted molar refractivity (Wildman–Crippen MR) is 59.7 cm³/mol. The highest BCUT2D eigenvalue weighted by Gasteiger charge is 2.35. The first-order valence-corrected chi connectivity index (χ1v) is 4.92. The highest BCUT2D eigenvalue weighted by molar-refractivity contribution is 5.97. The number of carboxylic acids is 1. The molecule has 0 aromatic carbocycles. The Bertz CT molecular complexity index is 457. The van der Waals surface area contributed by atoms with Crippen LogP contribution in [0.4, 0.5) is 0 Å². The number of carbonyl (C=O) groups is 2. The Labute approximate surface area is 98.5 Å². The fraction of sp³-hybridized carbons (Fsp3) is 0.364. The Morgan fingerprint density at radius 1 is 1.35 bits per heavy atom. The summed E-state index contributed by atoms with van der Waals surface area (Å²) in [4.78, 5) is 27.7. The number of carbonyl (C=O) groups excluding carboxylic acids is 1. The van der Waals surface area contributed by atoms with Gasteiger partial charge in [0.05, 0.1) is 11.8 Å². The number of aromatic nitrogens is 1. The average molecular weight is 238 g/mol. The third-order valence-corrected chi connectivity index (χ3v) is 2.64. The summed E-state index contributed by atoms with van der Waals surface area (Å²) in [5.41, 5.74) is -1.19. The van der Waals surface area contributed by atoms with Crippen molar-refractivity contribution in [2.24, 2.45) is 0 Å². The van der Waals surface area contributed by atoms with E-state index >= 15 is 0 Å². The molecule has 1 aromatic heterocycles. The third-order valence-electron chi connectivity index (χ3n) is 2.64. The summed E-state index contributed by atoms with van der Waals surface area (Å²) in [6.45, 7) is 2.84. The summed E-state index contributed by atoms with van der Waals surface area (Å²) in [5, 5.41) is 18.2. The maximum Gasteiger partial charge on any atom is 0.329 e. The van der Waals surface area contributed by atoms with Crippen molar-refractivity contribution in [1.29, 1.82) is 0 Å². The van der Waals surface area contributed by atoms with Crippen LogP contribution in [0.2, 0.25) is 0 Å². The van der Waals surface area contributed by atoms with Crippen LogP contribution in [0.5, 0.6) is 5.75 Å². The quantitative estimate of drug-likeness (QED) is 0.809. The molecule has 1 heterocycles. The first-order chi connectivity index (χ1) is 7.76. The van der Waals surface area contributed by atoms with Crippen LogP contribution >= 0.6 is 0 Å². The zero-order valence-electron chi connectivity index (χ0n) is 9.84. The molecule has 0 fully saturated rings. The second-order valence-electron chi connectivity index (χ2n) is 4.16. The van der Waals surface area contributed by atoms with Crippen LogP contribution in [0.1, 0.15) is 24.2 Å². The van der Waals surface area contributed by atoms with Crippen molar-refractivity contribution >= 4 is 11.9 Å². The van der Waals surface area contributed by atoms with Gasteiger partial charge in [-0.05, 0) is 19.9 Å². The summed E-state index contributed by atoms with van der Waals surface area (Å²) in [7, 11) is 1.39. The van der Waals surface area contributed by atoms with Crippen molar-refractivity contribution < 1.29 is 19.8 Å². The van der Waals surface area contributed by atoms with Crippen LogP contribution in [0, 0.1) is 0 Å². The van der Waals surface area contributed by atoms with Gasteiger partial charge < -0.3 is 15.1 Å². The van der Waals surface area contributed by atoms with Crippen LogP contribution in [0.3, 0.4) is 0 Å². The molecule has 17 heavy (non-hydrogen) atoms. The van der Waals surface area contributed by atoms with Crippen LogP contribution in [-0.2, 0) is 4.79 Å². The Balaban J connectivity index is 3.02. The number of aliphatic carboxylic acids is 1. The molecule has 0 aliphatic rings. The zero-order chi connectivity index (χ0) is 13.2. The molecule has 0 atom stereocenters. The summed E-state index contributed by atoms with van der Waals surface area (Å²) >= 11 is 0. The van der Waals surface area contributed by atoms with Crippen molar-refractivity contribution in [2.75, 3.05) is 7.05 Å². The van der Waals surface area contributed by atoms with Gasteiger partial charge in [-0.15, -0.1) is 0 Å². The first kappa shape index (κ1) is 13.0. The van der Waals surface area contributed by atoms with Crippen LogP contribution < -0.4 is 0 Å². The van der Waals surface area contributed by atoms with Crippen LogP contribution in [0.25, 0.3) is 0 Å². The number of aromatic hydroxyl groups is 1. The van der Waals surface area contributed by atoms with Crippen molar-refractivity contribution in [1.82, 2.24) is 9.88 Å². The molecule has 2 N–H and O–H groups in total. The van der Waals surface area contributed by atoms with Crippen LogP contribution in [-0.4, -0.2) is 44.6 Å². The van der Waals surface area contributed by atoms with Gasteiger partial charge in [-0.2, -0.15) is 0 Å². The molecule has 6 heteroatoms. The molecule has 0 aliphatic carbocycles. The van der Waals surface area contributed by atoms with E-state index in [4.69, 9.17) is 5.11 Å². The lowest BCUT2D eigenvalue weighted by atomic mass is 10.0. The largest absolute Gasteiger partial charge is 0.506 e. The monoisotopic (exact) mass is 238 g/mol. The van der Waals surface area contributed by atoms with Gasteiger partial charge >= 0.3 is 5.97 Å². The molecule has 1 aromatic rings. The summed E-state index contributed by atoms with van der Waals surface area (Å²) in [6.07, 6.45) is 2.47. The van der Waals surface area contributed by atoms with Gasteiger partial charge in [0.15, 0.2) is 0 Å². The Kier molecular flexibility index (Phi) is 3.36. The molecule has 0 saturated heterocycles. The van der Waals surface area contributed by atoms with E-state index in [1.165, 1.54) is 39.4 Å². The molecule has 0 bridgehead atoms. The molecule has 6 nitrogen and oxygen atoms in total. The summed E-state index contributed by atoms with van der Waals surface area (Å²) in [5.74, 6) is -1.76. The van der Waals surface area contributed by atoms with Gasteiger partial charge in [0.25, 0.3) is 5.91 Å². The normalized spacial score (nSPS) is 11.0. The SMILES string of the molecule is CN(C(=O)c1cncc(O)c1)C(C)(C)C(=O)O. The van der Waals surface area contributed by atoms with E-state index in [-0.39, 0.29) is 11.3 Å². The van der Waals surface area contributed by atoms with Gasteiger partial charge in [0.2, 0.25) is 0 Å². The van der Waals surface area contributed by atoms with E-state index < -0.39 is 17.4 Å². The number of hydrogen-bond donors (Lipinski definition) is 2. The molecular formula is C11H14N2O4. The number of carboxylic acid groups (broad SMARTS) is 1. The second-order valence-corrected chi connectivity index (χ2v) is 4.16. The van der Waals surface area contributed by atoms with E-state index in [0.29, 0.717) is 0 Å². The van der Waals surface area contributed by atoms with Crippen molar-refractivity contribution in [3.8, 4) is 5.75 Å². The maximum absolute atomic E-state index is 12.0. The molecule has 0 saturated carbocycles. The molecule has 0 radical (unpaired) electrons. The summed E-state index contributed by atoms with van der Waals surface area (Å²) < 4.78 is 0. The third kappa shape index (κ3) is 2.52. The number of amides is 1. The smallest absolute Gasteiger partial charge is 0.329 e. The van der Waals surface area contributed by atoms with Gasteiger partial charge in [-0.25, -0.2) is 4.79 Å². The Morgan fingerprint density at radius 3 is 2.41 bits per heavy atom. The lowest BCUT2D eigenvalue weighted by Crippen LogP contribution is -2.50. The summed E-state index contributed by atoms with van der Waals surface area (Å²) in [6, 6.07) is 1.24. The van der Waals surface area contributed by atoms with Gasteiger partial charge in [0.1, 0.15) is 11.3 Å². The minimum atomic E-state index is -1.33. The molecule has 0 aliphatic heterocycles. The first-order valence-electron chi connectivity index (χ1n) is 4.92. The fourth-order valence-corrected chi connectivity index (χ4v) is 1.14. The lowest BCUT2D eigenvalue weighted by Gasteiger charge is -2.31. The minimum Gasteiger partial charge on any atom is -0.506 e. The highest BCUT2D eigenvalue weighted by Crippen LogP contribution is 2.17. The van der Waals surface area contributed by atoms with Gasteiger partial charge in [0, 0.05) is 13.2 Å². The van der Waals surface area contributed by atoms with E-state index in [1.807, 2.05) is 0 Å².